The number of piperidine rings is 1. The Labute approximate surface area is 282 Å². The molecule has 2 aliphatic heterocycles. The molecule has 266 valence electrons. The van der Waals surface area contributed by atoms with Crippen LogP contribution in [0.5, 0.6) is 0 Å². The molecule has 2 aliphatic rings. The van der Waals surface area contributed by atoms with Gasteiger partial charge in [-0.15, -0.1) is 6.42 Å². The van der Waals surface area contributed by atoms with E-state index in [1.54, 1.807) is 24.7 Å². The van der Waals surface area contributed by atoms with Crippen molar-refractivity contribution in [3.05, 3.63) is 11.5 Å². The fourth-order valence-electron chi connectivity index (χ4n) is 5.20. The molecule has 4 heterocycles. The minimum atomic E-state index is -0.958. The second-order valence-corrected chi connectivity index (χ2v) is 12.0. The summed E-state index contributed by atoms with van der Waals surface area (Å²) in [6.45, 7) is 11.3. The van der Waals surface area contributed by atoms with Gasteiger partial charge in [0.2, 0.25) is 5.28 Å². The highest BCUT2D eigenvalue weighted by molar-refractivity contribution is 6.28. The number of aliphatic hydroxyl groups excluding tert-OH is 1. The van der Waals surface area contributed by atoms with Gasteiger partial charge < -0.3 is 48.3 Å². The van der Waals surface area contributed by atoms with Crippen molar-refractivity contribution in [2.45, 2.75) is 70.7 Å². The number of terminal acetylenes is 1. The predicted molar refractivity (Wildman–Crippen MR) is 176 cm³/mol. The average Bonchev–Trinajstić information content (AvgIpc) is 3.71. The number of anilines is 1. The first-order valence-electron chi connectivity index (χ1n) is 16.3. The van der Waals surface area contributed by atoms with E-state index in [-0.39, 0.29) is 30.3 Å². The van der Waals surface area contributed by atoms with Crippen LogP contribution in [-0.2, 0) is 33.2 Å². The summed E-state index contributed by atoms with van der Waals surface area (Å²) in [6.07, 6.45) is 9.98. The molecule has 4 rings (SSSR count). The number of aromatic nitrogens is 4. The number of hydrogen-bond donors (Lipinski definition) is 2. The smallest absolute Gasteiger partial charge is 0.226 e. The first-order chi connectivity index (χ1) is 22.7. The molecule has 2 N–H and O–H groups in total. The van der Waals surface area contributed by atoms with E-state index in [9.17, 15) is 5.11 Å². The maximum Gasteiger partial charge on any atom is 0.226 e. The number of ether oxygens (including phenoxy) is 7. The van der Waals surface area contributed by atoms with Crippen molar-refractivity contribution in [2.24, 2.45) is 5.92 Å². The van der Waals surface area contributed by atoms with Crippen LogP contribution >= 0.6 is 11.6 Å². The lowest BCUT2D eigenvalue weighted by Crippen LogP contribution is -2.45. The predicted octanol–water partition coefficient (Wildman–Crippen LogP) is 2.83. The molecule has 2 aromatic heterocycles. The molecule has 0 amide bonds. The van der Waals surface area contributed by atoms with Crippen LogP contribution in [-0.4, -0.2) is 134 Å². The van der Waals surface area contributed by atoms with Crippen LogP contribution in [0.4, 0.5) is 5.82 Å². The van der Waals surface area contributed by atoms with Gasteiger partial charge in [-0.3, -0.25) is 0 Å². The van der Waals surface area contributed by atoms with Gasteiger partial charge in [0.25, 0.3) is 0 Å². The minimum Gasteiger partial charge on any atom is -0.394 e. The maximum atomic E-state index is 9.44. The van der Waals surface area contributed by atoms with Gasteiger partial charge in [-0.05, 0) is 51.1 Å². The molecule has 2 saturated heterocycles. The normalized spacial score (nSPS) is 21.5. The molecule has 0 aliphatic carbocycles. The Morgan fingerprint density at radius 1 is 1.02 bits per heavy atom. The van der Waals surface area contributed by atoms with Crippen molar-refractivity contribution in [3.63, 3.8) is 0 Å². The van der Waals surface area contributed by atoms with Gasteiger partial charge in [0.15, 0.2) is 17.7 Å². The third-order valence-electron chi connectivity index (χ3n) is 7.82. The highest BCUT2D eigenvalue weighted by Gasteiger charge is 2.32. The fraction of sp³-hybridized carbons (Fsp3) is 0.781. The molecular formula is C32H52ClN5O9. The topological polar surface area (TPSA) is 152 Å². The number of nitrogens with zero attached hydrogens (tertiary/aromatic N) is 5. The minimum absolute atomic E-state index is 0.00529. The molecule has 4 unspecified atom stereocenters. The second kappa shape index (κ2) is 21.0. The number of rotatable bonds is 19. The van der Waals surface area contributed by atoms with E-state index in [1.807, 2.05) is 0 Å². The molecule has 47 heavy (non-hydrogen) atoms. The SMILES string of the molecule is C#CCOCCOCCOCCOCCOC1CCN(c2nc(Cl)nc3c2cnn3C2CCC(CO)O2)CC1CC.COC(C)(C)O. The van der Waals surface area contributed by atoms with Gasteiger partial charge in [0, 0.05) is 26.1 Å². The van der Waals surface area contributed by atoms with E-state index >= 15 is 0 Å². The molecule has 14 nitrogen and oxygen atoms in total. The summed E-state index contributed by atoms with van der Waals surface area (Å²) in [5.74, 6) is 2.57. The van der Waals surface area contributed by atoms with Gasteiger partial charge in [-0.25, -0.2) is 4.68 Å². The Balaban J connectivity index is 0.000000913. The van der Waals surface area contributed by atoms with Gasteiger partial charge in [-0.1, -0.05) is 12.8 Å². The first kappa shape index (κ1) is 39.3. The van der Waals surface area contributed by atoms with Crippen molar-refractivity contribution in [1.29, 1.82) is 0 Å². The summed E-state index contributed by atoms with van der Waals surface area (Å²) < 4.78 is 40.1. The van der Waals surface area contributed by atoms with Gasteiger partial charge in [0.1, 0.15) is 12.4 Å². The standard InChI is InChI=1S/C28H42ClN5O7.C4H10O2/c1-3-9-36-10-11-37-12-13-38-14-15-39-16-17-40-24-7-8-33(19-21(24)4-2)26-23-18-30-34(27(23)32-28(29)31-26)25-6-5-22(20-35)41-25;1-4(2,5)6-3/h1,18,21-22,24-25,35H,4-17,19-20H2,2H3;5H,1-3H3. The van der Waals surface area contributed by atoms with Crippen LogP contribution in [0.3, 0.4) is 0 Å². The van der Waals surface area contributed by atoms with Crippen LogP contribution in [0.1, 0.15) is 52.7 Å². The number of aliphatic hydroxyl groups is 2. The Kier molecular flexibility index (Phi) is 17.6. The zero-order valence-electron chi connectivity index (χ0n) is 28.1. The Hall–Kier alpha value is -2.16. The number of hydrogen-bond acceptors (Lipinski definition) is 13. The largest absolute Gasteiger partial charge is 0.394 e. The third kappa shape index (κ3) is 13.3. The monoisotopic (exact) mass is 685 g/mol. The lowest BCUT2D eigenvalue weighted by atomic mass is 9.92. The van der Waals surface area contributed by atoms with Gasteiger partial charge in [-0.2, -0.15) is 15.1 Å². The molecule has 0 aromatic carbocycles. The molecule has 0 spiro atoms. The second-order valence-electron chi connectivity index (χ2n) is 11.7. The van der Waals surface area contributed by atoms with Crippen LogP contribution < -0.4 is 4.90 Å². The van der Waals surface area contributed by atoms with Crippen LogP contribution in [0.15, 0.2) is 6.20 Å². The molecule has 15 heteroatoms. The van der Waals surface area contributed by atoms with E-state index in [0.717, 1.165) is 50.0 Å². The summed E-state index contributed by atoms with van der Waals surface area (Å²) in [6, 6.07) is 0. The van der Waals surface area contributed by atoms with E-state index in [0.29, 0.717) is 71.0 Å². The number of methoxy groups -OCH3 is 1. The molecule has 0 saturated carbocycles. The molecule has 0 bridgehead atoms. The summed E-state index contributed by atoms with van der Waals surface area (Å²) in [4.78, 5) is 11.3. The quantitative estimate of drug-likeness (QED) is 0.0966. The van der Waals surface area contributed by atoms with Crippen LogP contribution in [0.2, 0.25) is 5.28 Å². The number of halogens is 1. The van der Waals surface area contributed by atoms with Crippen molar-refractivity contribution >= 4 is 28.5 Å². The summed E-state index contributed by atoms with van der Waals surface area (Å²) in [5, 5.41) is 23.6. The van der Waals surface area contributed by atoms with E-state index in [4.69, 9.17) is 51.6 Å². The Bertz CT molecular complexity index is 1210. The zero-order chi connectivity index (χ0) is 34.1. The third-order valence-corrected chi connectivity index (χ3v) is 7.99. The van der Waals surface area contributed by atoms with Crippen LogP contribution in [0, 0.1) is 18.3 Å². The van der Waals surface area contributed by atoms with Crippen molar-refractivity contribution in [1.82, 2.24) is 19.7 Å². The molecular weight excluding hydrogens is 634 g/mol. The lowest BCUT2D eigenvalue weighted by Gasteiger charge is -2.38. The summed E-state index contributed by atoms with van der Waals surface area (Å²) in [5.41, 5.74) is 0.648. The van der Waals surface area contributed by atoms with E-state index < -0.39 is 5.79 Å². The van der Waals surface area contributed by atoms with Gasteiger partial charge >= 0.3 is 0 Å². The van der Waals surface area contributed by atoms with Gasteiger partial charge in [0.05, 0.1) is 83.3 Å². The fourth-order valence-corrected chi connectivity index (χ4v) is 5.36. The highest BCUT2D eigenvalue weighted by Crippen LogP contribution is 2.34. The molecule has 0 radical (unpaired) electrons. The lowest BCUT2D eigenvalue weighted by molar-refractivity contribution is -0.155. The van der Waals surface area contributed by atoms with Crippen molar-refractivity contribution in [3.8, 4) is 12.3 Å². The summed E-state index contributed by atoms with van der Waals surface area (Å²) >= 11 is 6.37. The zero-order valence-corrected chi connectivity index (χ0v) is 28.9. The highest BCUT2D eigenvalue weighted by atomic mass is 35.5. The molecule has 2 fully saturated rings. The van der Waals surface area contributed by atoms with E-state index in [1.165, 1.54) is 7.11 Å². The Morgan fingerprint density at radius 3 is 2.23 bits per heavy atom. The molecule has 4 atom stereocenters. The van der Waals surface area contributed by atoms with Crippen LogP contribution in [0.25, 0.3) is 11.0 Å². The van der Waals surface area contributed by atoms with Crippen molar-refractivity contribution < 1.29 is 43.4 Å². The number of fused-ring (bicyclic) bond motifs is 1. The van der Waals surface area contributed by atoms with E-state index in [2.05, 4.69) is 37.5 Å². The summed E-state index contributed by atoms with van der Waals surface area (Å²) in [7, 11) is 1.46. The first-order valence-corrected chi connectivity index (χ1v) is 16.6. The maximum absolute atomic E-state index is 9.44. The van der Waals surface area contributed by atoms with Crippen molar-refractivity contribution in [2.75, 3.05) is 91.2 Å². The Morgan fingerprint density at radius 2 is 1.66 bits per heavy atom. The molecule has 2 aromatic rings. The average molecular weight is 686 g/mol.